The Morgan fingerprint density at radius 2 is 1.68 bits per heavy atom. The number of terminal acetylenes is 1. The average molecular weight is 795 g/mol. The van der Waals surface area contributed by atoms with Gasteiger partial charge in [0.15, 0.2) is 0 Å². The summed E-state index contributed by atoms with van der Waals surface area (Å²) >= 11 is 13.8. The van der Waals surface area contributed by atoms with Gasteiger partial charge in [0.2, 0.25) is 5.91 Å². The van der Waals surface area contributed by atoms with Gasteiger partial charge in [-0.3, -0.25) is 9.78 Å². The lowest BCUT2D eigenvalue weighted by Crippen LogP contribution is -2.45. The van der Waals surface area contributed by atoms with E-state index in [9.17, 15) is 14.4 Å². The molecule has 3 heterocycles. The van der Waals surface area contributed by atoms with Crippen molar-refractivity contribution in [1.82, 2.24) is 20.1 Å². The standard InChI is InChI=1S/C20H21Br2ClN2.C14H24N2O4.C2H2/c1-25-6-4-12(5-7-25)19-18-13(9-16(23)10-17(18)22)2-3-14-8-15(21)11-24-20(14)19;1-14(2,3)20-13(19)15-10-12(18)16-7-4-11(5-8-16)6-9-17;1-2/h8-12,19H,2-7H2,1H3;9,11H,4-8,10H2,1-3H3,(H,15,19);1-2H. The molecule has 0 saturated carbocycles. The monoisotopic (exact) mass is 792 g/mol. The van der Waals surface area contributed by atoms with E-state index in [1.807, 2.05) is 12.3 Å². The molecular weight excluding hydrogens is 748 g/mol. The topological polar surface area (TPSA) is 91.8 Å². The smallest absolute Gasteiger partial charge is 0.408 e. The van der Waals surface area contributed by atoms with Crippen molar-refractivity contribution < 1.29 is 19.1 Å². The molecule has 1 N–H and O–H groups in total. The van der Waals surface area contributed by atoms with Crippen molar-refractivity contribution in [1.29, 1.82) is 0 Å². The molecule has 5 rings (SSSR count). The predicted molar refractivity (Wildman–Crippen MR) is 195 cm³/mol. The summed E-state index contributed by atoms with van der Waals surface area (Å²) in [5, 5.41) is 3.28. The van der Waals surface area contributed by atoms with Crippen LogP contribution in [-0.4, -0.2) is 78.4 Å². The number of pyridine rings is 1. The molecular formula is C36H47Br2ClN4O4. The third-order valence-corrected chi connectivity index (χ3v) is 10.1. The molecule has 2 aliphatic heterocycles. The molecule has 0 bridgehead atoms. The van der Waals surface area contributed by atoms with Crippen LogP contribution in [-0.2, 0) is 27.2 Å². The Kier molecular flexibility index (Phi) is 15.2. The molecule has 1 aromatic heterocycles. The highest BCUT2D eigenvalue weighted by Gasteiger charge is 2.35. The number of carbonyl (C=O) groups excluding carboxylic acids is 3. The van der Waals surface area contributed by atoms with Gasteiger partial charge in [-0.05, 0) is 142 Å². The zero-order valence-electron chi connectivity index (χ0n) is 27.9. The lowest BCUT2D eigenvalue weighted by molar-refractivity contribution is -0.131. The van der Waals surface area contributed by atoms with E-state index in [1.165, 1.54) is 35.2 Å². The minimum atomic E-state index is -0.582. The molecule has 256 valence electrons. The van der Waals surface area contributed by atoms with Crippen LogP contribution in [0.1, 0.15) is 81.2 Å². The summed E-state index contributed by atoms with van der Waals surface area (Å²) in [6.45, 7) is 8.87. The van der Waals surface area contributed by atoms with Crippen molar-refractivity contribution in [2.45, 2.75) is 77.2 Å². The fraction of sp³-hybridized carbons (Fsp3) is 0.556. The number of alkyl carbamates (subject to hydrolysis) is 1. The van der Waals surface area contributed by atoms with Crippen LogP contribution in [0.15, 0.2) is 33.3 Å². The number of benzene rings is 1. The highest BCUT2D eigenvalue weighted by molar-refractivity contribution is 9.10. The van der Waals surface area contributed by atoms with Gasteiger partial charge in [0.25, 0.3) is 0 Å². The van der Waals surface area contributed by atoms with Crippen LogP contribution in [0, 0.1) is 24.7 Å². The van der Waals surface area contributed by atoms with E-state index in [0.29, 0.717) is 37.3 Å². The van der Waals surface area contributed by atoms with E-state index in [1.54, 1.807) is 25.7 Å². The summed E-state index contributed by atoms with van der Waals surface area (Å²) in [6, 6.07) is 6.46. The maximum Gasteiger partial charge on any atom is 0.408 e. The first-order valence-corrected chi connectivity index (χ1v) is 18.1. The summed E-state index contributed by atoms with van der Waals surface area (Å²) in [5.74, 6) is 1.25. The molecule has 2 aromatic rings. The molecule has 1 unspecified atom stereocenters. The van der Waals surface area contributed by atoms with Gasteiger partial charge >= 0.3 is 6.09 Å². The Morgan fingerprint density at radius 1 is 1.04 bits per heavy atom. The second kappa shape index (κ2) is 18.4. The Balaban J connectivity index is 0.000000249. The number of aryl methyl sites for hydroxylation is 2. The second-order valence-corrected chi connectivity index (χ2v) is 15.6. The number of likely N-dealkylation sites (tertiary alicyclic amines) is 2. The number of nitrogens with zero attached hydrogens (tertiary/aromatic N) is 3. The first-order chi connectivity index (χ1) is 22.3. The highest BCUT2D eigenvalue weighted by Crippen LogP contribution is 2.46. The van der Waals surface area contributed by atoms with Crippen molar-refractivity contribution in [3.05, 3.63) is 60.7 Å². The van der Waals surface area contributed by atoms with Crippen LogP contribution in [0.25, 0.3) is 0 Å². The summed E-state index contributed by atoms with van der Waals surface area (Å²) in [7, 11) is 2.22. The third kappa shape index (κ3) is 11.6. The lowest BCUT2D eigenvalue weighted by atomic mass is 9.76. The van der Waals surface area contributed by atoms with Gasteiger partial charge < -0.3 is 24.6 Å². The van der Waals surface area contributed by atoms with Crippen LogP contribution >= 0.6 is 43.5 Å². The number of ether oxygens (including phenoxy) is 1. The van der Waals surface area contributed by atoms with Crippen molar-refractivity contribution in [3.8, 4) is 12.8 Å². The largest absolute Gasteiger partial charge is 0.444 e. The van der Waals surface area contributed by atoms with Gasteiger partial charge in [-0.15, -0.1) is 12.8 Å². The second-order valence-electron chi connectivity index (χ2n) is 13.4. The van der Waals surface area contributed by atoms with Crippen molar-refractivity contribution in [2.75, 3.05) is 39.8 Å². The first-order valence-electron chi connectivity index (χ1n) is 16.2. The van der Waals surface area contributed by atoms with Gasteiger partial charge in [-0.1, -0.05) is 27.5 Å². The number of fused-ring (bicyclic) bond motifs is 2. The number of rotatable bonds is 5. The minimum absolute atomic E-state index is 0.0484. The Bertz CT molecular complexity index is 1400. The zero-order valence-corrected chi connectivity index (χ0v) is 31.8. The van der Waals surface area contributed by atoms with Crippen LogP contribution < -0.4 is 5.32 Å². The lowest BCUT2D eigenvalue weighted by Gasteiger charge is -2.35. The molecule has 0 spiro atoms. The molecule has 47 heavy (non-hydrogen) atoms. The number of aromatic nitrogens is 1. The quantitative estimate of drug-likeness (QED) is 0.251. The van der Waals surface area contributed by atoms with Crippen LogP contribution in [0.2, 0.25) is 5.02 Å². The first kappa shape index (κ1) is 39.0. The number of halogens is 3. The number of nitrogens with one attached hydrogen (secondary N) is 1. The van der Waals surface area contributed by atoms with Crippen LogP contribution in [0.4, 0.5) is 4.79 Å². The fourth-order valence-electron chi connectivity index (χ4n) is 6.52. The number of aldehydes is 1. The SMILES string of the molecule is C#C.CC(C)(C)OC(=O)NCC(=O)N1CCC(CC=O)CC1.CN1CCC(C2c3ncc(Br)cc3CCc3cc(Cl)cc(Br)c32)CC1. The molecule has 1 atom stereocenters. The molecule has 2 fully saturated rings. The van der Waals surface area contributed by atoms with E-state index in [4.69, 9.17) is 21.3 Å². The van der Waals surface area contributed by atoms with Gasteiger partial charge in [-0.2, -0.15) is 0 Å². The van der Waals surface area contributed by atoms with Gasteiger partial charge in [0, 0.05) is 45.6 Å². The number of amides is 2. The normalized spacial score (nSPS) is 18.6. The molecule has 0 radical (unpaired) electrons. The van der Waals surface area contributed by atoms with Crippen LogP contribution in [0.5, 0.6) is 0 Å². The van der Waals surface area contributed by atoms with E-state index in [2.05, 4.69) is 74.1 Å². The average Bonchev–Trinajstić information content (AvgIpc) is 3.18. The van der Waals surface area contributed by atoms with E-state index >= 15 is 0 Å². The fourth-order valence-corrected chi connectivity index (χ4v) is 8.02. The van der Waals surface area contributed by atoms with E-state index < -0.39 is 11.7 Å². The number of piperidine rings is 2. The van der Waals surface area contributed by atoms with Crippen molar-refractivity contribution in [3.63, 3.8) is 0 Å². The number of hydrogen-bond donors (Lipinski definition) is 1. The number of carbonyl (C=O) groups is 3. The Hall–Kier alpha value is -2.45. The van der Waals surface area contributed by atoms with Gasteiger partial charge in [0.1, 0.15) is 18.4 Å². The zero-order chi connectivity index (χ0) is 34.7. The maximum absolute atomic E-state index is 11.9. The summed E-state index contributed by atoms with van der Waals surface area (Å²) in [4.78, 5) is 42.9. The molecule has 2 saturated heterocycles. The molecule has 2 amide bonds. The molecule has 1 aromatic carbocycles. The van der Waals surface area contributed by atoms with Gasteiger partial charge in [0.05, 0.1) is 5.69 Å². The maximum atomic E-state index is 11.9. The molecule has 1 aliphatic carbocycles. The summed E-state index contributed by atoms with van der Waals surface area (Å²) < 4.78 is 7.27. The predicted octanol–water partition coefficient (Wildman–Crippen LogP) is 7.42. The summed E-state index contributed by atoms with van der Waals surface area (Å²) in [5.41, 5.74) is 4.85. The third-order valence-electron chi connectivity index (χ3n) is 8.83. The van der Waals surface area contributed by atoms with Crippen molar-refractivity contribution in [2.24, 2.45) is 11.8 Å². The Labute approximate surface area is 302 Å². The van der Waals surface area contributed by atoms with Crippen molar-refractivity contribution >= 4 is 61.7 Å². The van der Waals surface area contributed by atoms with Crippen LogP contribution in [0.3, 0.4) is 0 Å². The molecule has 3 aliphatic rings. The van der Waals surface area contributed by atoms with E-state index in [-0.39, 0.29) is 12.5 Å². The highest BCUT2D eigenvalue weighted by atomic mass is 79.9. The van der Waals surface area contributed by atoms with Gasteiger partial charge in [-0.25, -0.2) is 4.79 Å². The number of hydrogen-bond acceptors (Lipinski definition) is 6. The molecule has 11 heteroatoms. The Morgan fingerprint density at radius 3 is 2.30 bits per heavy atom. The summed E-state index contributed by atoms with van der Waals surface area (Å²) in [6.07, 6.45) is 17.0. The van der Waals surface area contributed by atoms with E-state index in [0.717, 1.165) is 59.0 Å². The minimum Gasteiger partial charge on any atom is -0.444 e. The molecule has 8 nitrogen and oxygen atoms in total.